The first-order valence-corrected chi connectivity index (χ1v) is 33.3. The number of amides is 1. The monoisotopic (exact) mass is 1040 g/mol. The highest BCUT2D eigenvalue weighted by atomic mass is 16.5. The number of hydrogen-bond donors (Lipinski definition) is 3. The van der Waals surface area contributed by atoms with Crippen LogP contribution in [0.25, 0.3) is 0 Å². The van der Waals surface area contributed by atoms with E-state index < -0.39 is 12.1 Å². The lowest BCUT2D eigenvalue weighted by Crippen LogP contribution is -2.45. The lowest BCUT2D eigenvalue weighted by molar-refractivity contribution is -0.143. The number of rotatable bonds is 62. The lowest BCUT2D eigenvalue weighted by atomic mass is 10.0. The number of unbranched alkanes of at least 4 members (excludes halogenated alkanes) is 47. The van der Waals surface area contributed by atoms with Crippen LogP contribution in [0.4, 0.5) is 0 Å². The van der Waals surface area contributed by atoms with Gasteiger partial charge in [-0.2, -0.15) is 0 Å². The maximum absolute atomic E-state index is 12.5. The zero-order valence-corrected chi connectivity index (χ0v) is 49.8. The topological polar surface area (TPSA) is 95.9 Å². The van der Waals surface area contributed by atoms with Crippen LogP contribution in [0.5, 0.6) is 0 Å². The van der Waals surface area contributed by atoms with Crippen molar-refractivity contribution in [3.8, 4) is 0 Å². The van der Waals surface area contributed by atoms with Gasteiger partial charge in [0.25, 0.3) is 0 Å². The summed E-state index contributed by atoms with van der Waals surface area (Å²) in [4.78, 5) is 24.5. The van der Waals surface area contributed by atoms with Crippen LogP contribution in [0, 0.1) is 0 Å². The molecule has 0 heterocycles. The minimum atomic E-state index is -0.847. The molecule has 2 unspecified atom stereocenters. The Morgan fingerprint density at radius 1 is 0.378 bits per heavy atom. The van der Waals surface area contributed by atoms with Crippen molar-refractivity contribution in [3.63, 3.8) is 0 Å². The molecular weight excluding hydrogens is 911 g/mol. The molecule has 0 rings (SSSR count). The van der Waals surface area contributed by atoms with Crippen LogP contribution in [-0.4, -0.2) is 47.4 Å². The largest absolute Gasteiger partial charge is 0.466 e. The molecule has 2 atom stereocenters. The van der Waals surface area contributed by atoms with Crippen LogP contribution in [0.3, 0.4) is 0 Å². The third-order valence-electron chi connectivity index (χ3n) is 15.4. The van der Waals surface area contributed by atoms with Crippen LogP contribution in [0.2, 0.25) is 0 Å². The first-order chi connectivity index (χ1) is 36.5. The van der Waals surface area contributed by atoms with E-state index in [0.717, 1.165) is 44.9 Å². The number of ether oxygens (including phenoxy) is 1. The SMILES string of the molecule is CCCCCCCCCCCCCCCCC/C=C/C(O)C(CO)NC(=O)CCCCCCCCCCCCC/C=C\C/C=C\CCCCCCCCCCCOC(=O)CCCCCCCCCCCCCCC. The smallest absolute Gasteiger partial charge is 0.305 e. The van der Waals surface area contributed by atoms with Gasteiger partial charge >= 0.3 is 5.97 Å². The van der Waals surface area contributed by atoms with Crippen molar-refractivity contribution in [1.82, 2.24) is 5.32 Å². The zero-order chi connectivity index (χ0) is 53.6. The number of allylic oxidation sites excluding steroid dienone is 5. The fourth-order valence-electron chi connectivity index (χ4n) is 10.3. The zero-order valence-electron chi connectivity index (χ0n) is 49.8. The van der Waals surface area contributed by atoms with Gasteiger partial charge in [-0.15, -0.1) is 0 Å². The number of hydrogen-bond acceptors (Lipinski definition) is 5. The van der Waals surface area contributed by atoms with Gasteiger partial charge in [-0.3, -0.25) is 9.59 Å². The van der Waals surface area contributed by atoms with Gasteiger partial charge in [0.15, 0.2) is 0 Å². The first-order valence-electron chi connectivity index (χ1n) is 33.3. The highest BCUT2D eigenvalue weighted by molar-refractivity contribution is 5.76. The number of carbonyl (C=O) groups excluding carboxylic acids is 2. The van der Waals surface area contributed by atoms with Crippen molar-refractivity contribution in [1.29, 1.82) is 0 Å². The first kappa shape index (κ1) is 72.1. The van der Waals surface area contributed by atoms with Gasteiger partial charge in [0, 0.05) is 12.8 Å². The molecule has 0 aromatic heterocycles. The molecule has 0 aliphatic carbocycles. The standard InChI is InChI=1S/C68H129NO5/c1-3-5-7-9-11-13-15-17-18-30-33-37-40-44-48-52-56-60-66(71)65(64-70)69-67(72)61-57-53-49-45-41-38-34-31-28-26-24-22-20-19-21-23-25-27-29-32-35-39-43-47-51-55-59-63-74-68(73)62-58-54-50-46-42-36-16-14-12-10-8-6-4-2/h19-20,23,25,56,60,65-66,70-71H,3-18,21-22,24,26-55,57-59,61-64H2,1-2H3,(H,69,72)/b20-19-,25-23-,60-56+. The third kappa shape index (κ3) is 59.3. The van der Waals surface area contributed by atoms with Crippen LogP contribution < -0.4 is 5.32 Å². The predicted molar refractivity (Wildman–Crippen MR) is 324 cm³/mol. The van der Waals surface area contributed by atoms with E-state index in [1.807, 2.05) is 6.08 Å². The fraction of sp³-hybridized carbons (Fsp3) is 0.882. The molecule has 6 nitrogen and oxygen atoms in total. The van der Waals surface area contributed by atoms with Gasteiger partial charge in [-0.1, -0.05) is 320 Å². The van der Waals surface area contributed by atoms with Crippen LogP contribution in [0.1, 0.15) is 361 Å². The summed E-state index contributed by atoms with van der Waals surface area (Å²) in [5.74, 6) is -0.0569. The second-order valence-electron chi connectivity index (χ2n) is 22.8. The summed E-state index contributed by atoms with van der Waals surface area (Å²) in [5, 5.41) is 23.2. The number of nitrogens with one attached hydrogen (secondary N) is 1. The molecule has 1 amide bonds. The van der Waals surface area contributed by atoms with E-state index in [1.54, 1.807) is 6.08 Å². The van der Waals surface area contributed by atoms with Gasteiger partial charge < -0.3 is 20.3 Å². The molecule has 0 aromatic carbocycles. The van der Waals surface area contributed by atoms with E-state index in [4.69, 9.17) is 4.74 Å². The number of aliphatic hydroxyl groups excluding tert-OH is 2. The summed E-state index contributed by atoms with van der Waals surface area (Å²) in [5.41, 5.74) is 0. The molecule has 0 saturated heterocycles. The minimum absolute atomic E-state index is 0.0120. The van der Waals surface area contributed by atoms with E-state index in [-0.39, 0.29) is 18.5 Å². The van der Waals surface area contributed by atoms with E-state index in [9.17, 15) is 19.8 Å². The molecule has 0 aliphatic heterocycles. The molecule has 0 spiro atoms. The molecular formula is C68H129NO5. The Hall–Kier alpha value is -1.92. The van der Waals surface area contributed by atoms with E-state index in [0.29, 0.717) is 19.4 Å². The number of aliphatic hydroxyl groups is 2. The Balaban J connectivity index is 3.44. The van der Waals surface area contributed by atoms with Gasteiger partial charge in [0.1, 0.15) is 0 Å². The highest BCUT2D eigenvalue weighted by Gasteiger charge is 2.18. The van der Waals surface area contributed by atoms with Gasteiger partial charge in [-0.25, -0.2) is 0 Å². The summed E-state index contributed by atoms with van der Waals surface area (Å²) < 4.78 is 5.48. The summed E-state index contributed by atoms with van der Waals surface area (Å²) in [6, 6.07) is -0.631. The molecule has 3 N–H and O–H groups in total. The summed E-state index contributed by atoms with van der Waals surface area (Å²) in [7, 11) is 0. The molecule has 0 fully saturated rings. The highest BCUT2D eigenvalue weighted by Crippen LogP contribution is 2.18. The molecule has 0 radical (unpaired) electrons. The Bertz CT molecular complexity index is 1200. The third-order valence-corrected chi connectivity index (χ3v) is 15.4. The second kappa shape index (κ2) is 63.6. The van der Waals surface area contributed by atoms with Crippen molar-refractivity contribution in [2.45, 2.75) is 373 Å². The van der Waals surface area contributed by atoms with Crippen molar-refractivity contribution in [2.24, 2.45) is 0 Å². The van der Waals surface area contributed by atoms with Crippen LogP contribution >= 0.6 is 0 Å². The Morgan fingerprint density at radius 2 is 0.676 bits per heavy atom. The molecule has 0 aliphatic rings. The van der Waals surface area contributed by atoms with Gasteiger partial charge in [0.2, 0.25) is 5.91 Å². The summed E-state index contributed by atoms with van der Waals surface area (Å²) in [6.45, 7) is 4.92. The normalized spacial score (nSPS) is 12.8. The molecule has 436 valence electrons. The van der Waals surface area contributed by atoms with Crippen LogP contribution in [0.15, 0.2) is 36.5 Å². The number of esters is 1. The molecule has 0 aromatic rings. The molecule has 0 bridgehead atoms. The second-order valence-corrected chi connectivity index (χ2v) is 22.8. The molecule has 6 heteroatoms. The average Bonchev–Trinajstić information content (AvgIpc) is 3.40. The van der Waals surface area contributed by atoms with Crippen molar-refractivity contribution in [2.75, 3.05) is 13.2 Å². The van der Waals surface area contributed by atoms with E-state index in [2.05, 4.69) is 43.5 Å². The Kier molecular flexibility index (Phi) is 62.0. The Morgan fingerprint density at radius 3 is 1.03 bits per heavy atom. The Labute approximate surface area is 462 Å². The number of carbonyl (C=O) groups is 2. The summed E-state index contributed by atoms with van der Waals surface area (Å²) >= 11 is 0. The summed E-state index contributed by atoms with van der Waals surface area (Å²) in [6.07, 6.45) is 80.6. The minimum Gasteiger partial charge on any atom is -0.466 e. The maximum Gasteiger partial charge on any atom is 0.305 e. The van der Waals surface area contributed by atoms with Crippen molar-refractivity contribution >= 4 is 11.9 Å². The van der Waals surface area contributed by atoms with E-state index >= 15 is 0 Å². The molecule has 0 saturated carbocycles. The quantitative estimate of drug-likeness (QED) is 0.0320. The van der Waals surface area contributed by atoms with Gasteiger partial charge in [0.05, 0.1) is 25.4 Å². The van der Waals surface area contributed by atoms with Gasteiger partial charge in [-0.05, 0) is 64.2 Å². The van der Waals surface area contributed by atoms with E-state index in [1.165, 1.54) is 289 Å². The molecule has 74 heavy (non-hydrogen) atoms. The van der Waals surface area contributed by atoms with Crippen molar-refractivity contribution in [3.05, 3.63) is 36.5 Å². The fourth-order valence-corrected chi connectivity index (χ4v) is 10.3. The average molecular weight is 1040 g/mol. The lowest BCUT2D eigenvalue weighted by Gasteiger charge is -2.20. The van der Waals surface area contributed by atoms with Crippen molar-refractivity contribution < 1.29 is 24.5 Å². The predicted octanol–water partition coefficient (Wildman–Crippen LogP) is 21.1. The van der Waals surface area contributed by atoms with Crippen LogP contribution in [-0.2, 0) is 14.3 Å². The maximum atomic E-state index is 12.5.